The third kappa shape index (κ3) is 5.35. The van der Waals surface area contributed by atoms with Gasteiger partial charge in [0.2, 0.25) is 0 Å². The van der Waals surface area contributed by atoms with Crippen molar-refractivity contribution >= 4 is 77.9 Å². The predicted molar refractivity (Wildman–Crippen MR) is 237 cm³/mol. The Hall–Kier alpha value is -7.37. The Morgan fingerprint density at radius 3 is 1.91 bits per heavy atom. The van der Waals surface area contributed by atoms with Crippen LogP contribution in [0, 0.1) is 5.92 Å². The lowest BCUT2D eigenvalue weighted by Gasteiger charge is -2.26. The van der Waals surface area contributed by atoms with Crippen molar-refractivity contribution in [2.75, 3.05) is 0 Å². The zero-order chi connectivity index (χ0) is 38.3. The summed E-state index contributed by atoms with van der Waals surface area (Å²) >= 11 is 0. The van der Waals surface area contributed by atoms with Gasteiger partial charge in [0.15, 0.2) is 0 Å². The number of aliphatic imine (C=N–C) groups is 1. The van der Waals surface area contributed by atoms with E-state index in [2.05, 4.69) is 146 Å². The van der Waals surface area contributed by atoms with Gasteiger partial charge < -0.3 is 18.6 Å². The molecule has 3 aromatic heterocycles. The first kappa shape index (κ1) is 32.8. The third-order valence-corrected chi connectivity index (χ3v) is 12.0. The Balaban J connectivity index is 1.05. The van der Waals surface area contributed by atoms with Crippen LogP contribution in [0.3, 0.4) is 0 Å². The fourth-order valence-electron chi connectivity index (χ4n) is 9.04. The van der Waals surface area contributed by atoms with Crippen LogP contribution in [-0.2, 0) is 6.42 Å². The molecule has 12 rings (SSSR count). The number of hydrogen-bond acceptors (Lipinski definition) is 5. The maximum atomic E-state index is 6.38. The molecule has 2 aliphatic rings. The normalized spacial score (nSPS) is 16.7. The van der Waals surface area contributed by atoms with E-state index in [4.69, 9.17) is 18.2 Å². The molecule has 0 saturated carbocycles. The molecule has 2 unspecified atom stereocenters. The Labute approximate surface area is 334 Å². The second kappa shape index (κ2) is 12.8. The van der Waals surface area contributed by atoms with Gasteiger partial charge in [-0.1, -0.05) is 104 Å². The molecule has 276 valence electrons. The molecule has 5 nitrogen and oxygen atoms in total. The van der Waals surface area contributed by atoms with Crippen molar-refractivity contribution in [2.24, 2.45) is 10.9 Å². The molecule has 5 heteroatoms. The highest BCUT2D eigenvalue weighted by Gasteiger charge is 2.26. The van der Waals surface area contributed by atoms with Crippen molar-refractivity contribution in [3.8, 4) is 11.1 Å². The molecule has 2 atom stereocenters. The summed E-state index contributed by atoms with van der Waals surface area (Å²) in [7, 11) is 0. The summed E-state index contributed by atoms with van der Waals surface area (Å²) in [6.07, 6.45) is 5.09. The van der Waals surface area contributed by atoms with E-state index in [1.54, 1.807) is 0 Å². The predicted octanol–water partition coefficient (Wildman–Crippen LogP) is 13.8. The van der Waals surface area contributed by atoms with E-state index in [1.807, 2.05) is 36.4 Å². The average Bonchev–Trinajstić information content (AvgIpc) is 3.96. The van der Waals surface area contributed by atoms with Gasteiger partial charge in [-0.15, -0.1) is 0 Å². The molecule has 0 fully saturated rings. The number of rotatable bonds is 5. The van der Waals surface area contributed by atoms with Crippen LogP contribution in [0.2, 0.25) is 0 Å². The molecule has 0 saturated heterocycles. The lowest BCUT2D eigenvalue weighted by atomic mass is 9.82. The number of fused-ring (bicyclic) bond motifs is 9. The molecule has 0 bridgehead atoms. The smallest absolute Gasteiger partial charge is 0.145 e. The molecule has 1 aliphatic carbocycles. The van der Waals surface area contributed by atoms with Crippen LogP contribution in [0.4, 0.5) is 0 Å². The van der Waals surface area contributed by atoms with Crippen molar-refractivity contribution in [3.05, 3.63) is 197 Å². The van der Waals surface area contributed by atoms with Crippen LogP contribution in [0.5, 0.6) is 0 Å². The van der Waals surface area contributed by atoms with E-state index in [1.165, 1.54) is 16.7 Å². The largest absolute Gasteiger partial charge is 0.460 e. The van der Waals surface area contributed by atoms with Gasteiger partial charge in [0.1, 0.15) is 39.8 Å². The summed E-state index contributed by atoms with van der Waals surface area (Å²) in [4.78, 5) is 5.32. The highest BCUT2D eigenvalue weighted by Crippen LogP contribution is 2.42. The van der Waals surface area contributed by atoms with Gasteiger partial charge in [0.25, 0.3) is 0 Å². The second-order valence-electron chi connectivity index (χ2n) is 15.6. The van der Waals surface area contributed by atoms with Crippen molar-refractivity contribution in [1.82, 2.24) is 5.32 Å². The number of furan rings is 3. The standard InChI is InChI=1S/C53H36N2O3/c1-31-23-51-44(40-15-7-10-18-49(40)57-51)29-42(31)36-24-35(33-20-22-50-43(27-33)39-14-6-9-17-48(39)56-50)25-37(26-36)46-30-45(54-53(55-46)32-11-3-2-4-12-32)34-19-21-41-38-13-5-8-16-47(38)58-52(41)28-34/h2-22,24-31,53,55H,23H2,1H3. The summed E-state index contributed by atoms with van der Waals surface area (Å²) in [5.74, 6) is 1.30. The first-order chi connectivity index (χ1) is 28.6. The fraction of sp³-hybridized carbons (Fsp3) is 0.0755. The monoisotopic (exact) mass is 748 g/mol. The van der Waals surface area contributed by atoms with Crippen molar-refractivity contribution in [2.45, 2.75) is 19.5 Å². The topological polar surface area (TPSA) is 63.8 Å². The van der Waals surface area contributed by atoms with Crippen LogP contribution in [-0.4, -0.2) is 5.71 Å². The molecule has 7 aromatic carbocycles. The Bertz CT molecular complexity index is 3370. The van der Waals surface area contributed by atoms with Crippen LogP contribution in [0.15, 0.2) is 182 Å². The van der Waals surface area contributed by atoms with Gasteiger partial charge in [0, 0.05) is 50.2 Å². The SMILES string of the molecule is CC1Cc2oc3ccccc3c2C=C1c1cc(C2=CC(c3ccc4c(c3)oc3ccccc34)=NC(c3ccccc3)N2)cc(-c2ccc3oc4ccccc4c3c2)c1. The van der Waals surface area contributed by atoms with E-state index in [9.17, 15) is 0 Å². The van der Waals surface area contributed by atoms with Crippen molar-refractivity contribution in [1.29, 1.82) is 0 Å². The fourth-order valence-corrected chi connectivity index (χ4v) is 9.04. The quantitative estimate of drug-likeness (QED) is 0.190. The number of hydrogen-bond donors (Lipinski definition) is 1. The molecular formula is C53H36N2O3. The van der Waals surface area contributed by atoms with Crippen LogP contribution in [0.25, 0.3) is 83.3 Å². The summed E-state index contributed by atoms with van der Waals surface area (Å²) in [5, 5.41) is 9.43. The first-order valence-corrected chi connectivity index (χ1v) is 19.9. The van der Waals surface area contributed by atoms with Crippen LogP contribution >= 0.6 is 0 Å². The zero-order valence-corrected chi connectivity index (χ0v) is 31.7. The van der Waals surface area contributed by atoms with Crippen LogP contribution < -0.4 is 5.32 Å². The van der Waals surface area contributed by atoms with Gasteiger partial charge in [-0.05, 0) is 112 Å². The van der Waals surface area contributed by atoms with Crippen molar-refractivity contribution < 1.29 is 13.3 Å². The van der Waals surface area contributed by atoms with Gasteiger partial charge in [-0.3, -0.25) is 4.99 Å². The van der Waals surface area contributed by atoms with E-state index in [0.29, 0.717) is 0 Å². The summed E-state index contributed by atoms with van der Waals surface area (Å²) in [5.41, 5.74) is 15.4. The molecule has 0 amide bonds. The number of nitrogens with zero attached hydrogens (tertiary/aromatic N) is 1. The zero-order valence-electron chi connectivity index (χ0n) is 31.7. The van der Waals surface area contributed by atoms with Gasteiger partial charge >= 0.3 is 0 Å². The van der Waals surface area contributed by atoms with Crippen molar-refractivity contribution in [3.63, 3.8) is 0 Å². The first-order valence-electron chi connectivity index (χ1n) is 19.9. The average molecular weight is 749 g/mol. The maximum Gasteiger partial charge on any atom is 0.145 e. The minimum atomic E-state index is -0.295. The lowest BCUT2D eigenvalue weighted by molar-refractivity contribution is 0.518. The van der Waals surface area contributed by atoms with E-state index in [0.717, 1.165) is 106 Å². The molecule has 1 aliphatic heterocycles. The number of allylic oxidation sites excluding steroid dienone is 2. The molecule has 0 radical (unpaired) electrons. The van der Waals surface area contributed by atoms with Gasteiger partial charge in [-0.2, -0.15) is 0 Å². The third-order valence-electron chi connectivity index (χ3n) is 12.0. The maximum absolute atomic E-state index is 6.38. The minimum Gasteiger partial charge on any atom is -0.460 e. The summed E-state index contributed by atoms with van der Waals surface area (Å²) < 4.78 is 19.0. The van der Waals surface area contributed by atoms with Gasteiger partial charge in [0.05, 0.1) is 5.71 Å². The molecule has 0 spiro atoms. The molecule has 4 heterocycles. The van der Waals surface area contributed by atoms with Gasteiger partial charge in [-0.25, -0.2) is 0 Å². The lowest BCUT2D eigenvalue weighted by Crippen LogP contribution is -2.25. The number of benzene rings is 7. The summed E-state index contributed by atoms with van der Waals surface area (Å²) in [6, 6.07) is 55.3. The van der Waals surface area contributed by atoms with E-state index < -0.39 is 0 Å². The van der Waals surface area contributed by atoms with Crippen LogP contribution in [0.1, 0.15) is 46.7 Å². The molecular weight excluding hydrogens is 713 g/mol. The second-order valence-corrected chi connectivity index (χ2v) is 15.6. The Morgan fingerprint density at radius 1 is 0.483 bits per heavy atom. The minimum absolute atomic E-state index is 0.245. The number of nitrogens with one attached hydrogen (secondary N) is 1. The summed E-state index contributed by atoms with van der Waals surface area (Å²) in [6.45, 7) is 2.31. The highest BCUT2D eigenvalue weighted by atomic mass is 16.3. The highest BCUT2D eigenvalue weighted by molar-refractivity contribution is 6.16. The Morgan fingerprint density at radius 2 is 1.10 bits per heavy atom. The number of para-hydroxylation sites is 3. The van der Waals surface area contributed by atoms with E-state index >= 15 is 0 Å². The Kier molecular flexibility index (Phi) is 7.27. The molecule has 10 aromatic rings. The molecule has 58 heavy (non-hydrogen) atoms. The van der Waals surface area contributed by atoms with E-state index in [-0.39, 0.29) is 12.1 Å². The molecule has 1 N–H and O–H groups in total.